The van der Waals surface area contributed by atoms with Gasteiger partial charge in [0.25, 0.3) is 5.91 Å². The standard InChI is InChI=1S/C18H23ClN2O2/c1-3-21(12-13-7-4-5-10-23-13)18(22)17-11-14-15(19)8-6-9-16(14)20(17)2/h6,8-9,11,13H,3-5,7,10,12H2,1-2H3/t13-/m0/s1. The smallest absolute Gasteiger partial charge is 0.270 e. The van der Waals surface area contributed by atoms with Crippen molar-refractivity contribution in [1.82, 2.24) is 9.47 Å². The van der Waals surface area contributed by atoms with Gasteiger partial charge < -0.3 is 14.2 Å². The van der Waals surface area contributed by atoms with Crippen LogP contribution in [-0.2, 0) is 11.8 Å². The van der Waals surface area contributed by atoms with Crippen molar-refractivity contribution in [2.24, 2.45) is 7.05 Å². The highest BCUT2D eigenvalue weighted by molar-refractivity contribution is 6.35. The third-order valence-corrected chi connectivity index (χ3v) is 4.95. The van der Waals surface area contributed by atoms with Gasteiger partial charge in [-0.25, -0.2) is 0 Å². The number of amides is 1. The van der Waals surface area contributed by atoms with Gasteiger partial charge in [-0.05, 0) is 44.4 Å². The minimum atomic E-state index is 0.0384. The number of hydrogen-bond donors (Lipinski definition) is 0. The summed E-state index contributed by atoms with van der Waals surface area (Å²) in [6.07, 6.45) is 3.49. The van der Waals surface area contributed by atoms with Gasteiger partial charge in [0, 0.05) is 42.7 Å². The van der Waals surface area contributed by atoms with E-state index in [9.17, 15) is 4.79 Å². The number of rotatable bonds is 4. The van der Waals surface area contributed by atoms with E-state index in [-0.39, 0.29) is 12.0 Å². The largest absolute Gasteiger partial charge is 0.376 e. The second kappa shape index (κ2) is 6.93. The van der Waals surface area contributed by atoms with Crippen molar-refractivity contribution in [3.63, 3.8) is 0 Å². The van der Waals surface area contributed by atoms with E-state index in [1.165, 1.54) is 6.42 Å². The van der Waals surface area contributed by atoms with E-state index in [1.54, 1.807) is 0 Å². The van der Waals surface area contributed by atoms with E-state index < -0.39 is 0 Å². The number of benzene rings is 1. The fourth-order valence-corrected chi connectivity index (χ4v) is 3.47. The normalized spacial score (nSPS) is 18.3. The topological polar surface area (TPSA) is 34.5 Å². The Morgan fingerprint density at radius 3 is 2.91 bits per heavy atom. The van der Waals surface area contributed by atoms with Crippen molar-refractivity contribution in [1.29, 1.82) is 0 Å². The predicted molar refractivity (Wildman–Crippen MR) is 93.1 cm³/mol. The van der Waals surface area contributed by atoms with Crippen LogP contribution in [-0.4, -0.2) is 41.2 Å². The van der Waals surface area contributed by atoms with Crippen molar-refractivity contribution in [2.75, 3.05) is 19.7 Å². The molecule has 1 aromatic carbocycles. The molecule has 124 valence electrons. The Morgan fingerprint density at radius 1 is 1.43 bits per heavy atom. The van der Waals surface area contributed by atoms with E-state index >= 15 is 0 Å². The summed E-state index contributed by atoms with van der Waals surface area (Å²) in [5.74, 6) is 0.0384. The minimum absolute atomic E-state index is 0.0384. The van der Waals surface area contributed by atoms with Crippen LogP contribution >= 0.6 is 11.6 Å². The number of halogens is 1. The summed E-state index contributed by atoms with van der Waals surface area (Å²) >= 11 is 6.26. The highest BCUT2D eigenvalue weighted by Gasteiger charge is 2.24. The molecule has 2 heterocycles. The molecule has 1 aliphatic rings. The molecular weight excluding hydrogens is 312 g/mol. The summed E-state index contributed by atoms with van der Waals surface area (Å²) < 4.78 is 7.71. The lowest BCUT2D eigenvalue weighted by Crippen LogP contribution is -2.40. The fraction of sp³-hybridized carbons (Fsp3) is 0.500. The van der Waals surface area contributed by atoms with Crippen molar-refractivity contribution < 1.29 is 9.53 Å². The van der Waals surface area contributed by atoms with Crippen LogP contribution in [0.25, 0.3) is 10.9 Å². The molecule has 1 amide bonds. The lowest BCUT2D eigenvalue weighted by Gasteiger charge is -2.29. The van der Waals surface area contributed by atoms with Crippen LogP contribution in [0.3, 0.4) is 0 Å². The molecule has 5 heteroatoms. The third-order valence-electron chi connectivity index (χ3n) is 4.62. The molecular formula is C18H23ClN2O2. The van der Waals surface area contributed by atoms with Crippen molar-refractivity contribution >= 4 is 28.4 Å². The number of hydrogen-bond acceptors (Lipinski definition) is 2. The number of fused-ring (bicyclic) bond motifs is 1. The maximum Gasteiger partial charge on any atom is 0.270 e. The number of ether oxygens (including phenoxy) is 1. The number of likely N-dealkylation sites (N-methyl/N-ethyl adjacent to an activating group) is 1. The lowest BCUT2D eigenvalue weighted by molar-refractivity contribution is -0.00329. The Kier molecular flexibility index (Phi) is 4.93. The molecule has 23 heavy (non-hydrogen) atoms. The monoisotopic (exact) mass is 334 g/mol. The van der Waals surface area contributed by atoms with Gasteiger partial charge in [-0.2, -0.15) is 0 Å². The average molecular weight is 335 g/mol. The first-order valence-electron chi connectivity index (χ1n) is 8.26. The summed E-state index contributed by atoms with van der Waals surface area (Å²) in [7, 11) is 1.91. The van der Waals surface area contributed by atoms with Gasteiger partial charge in [0.1, 0.15) is 5.69 Å². The first-order chi connectivity index (χ1) is 11.1. The van der Waals surface area contributed by atoms with Crippen LogP contribution in [0.2, 0.25) is 5.02 Å². The van der Waals surface area contributed by atoms with E-state index in [0.717, 1.165) is 30.4 Å². The molecule has 1 saturated heterocycles. The second-order valence-corrected chi connectivity index (χ2v) is 6.50. The van der Waals surface area contributed by atoms with Crippen LogP contribution < -0.4 is 0 Å². The molecule has 0 aliphatic carbocycles. The molecule has 1 atom stereocenters. The molecule has 0 bridgehead atoms. The van der Waals surface area contributed by atoms with Gasteiger partial charge in [0.15, 0.2) is 0 Å². The summed E-state index contributed by atoms with van der Waals surface area (Å²) in [5, 5.41) is 1.60. The molecule has 4 nitrogen and oxygen atoms in total. The Labute approximate surface area is 142 Å². The van der Waals surface area contributed by atoms with Crippen molar-refractivity contribution in [2.45, 2.75) is 32.3 Å². The first-order valence-corrected chi connectivity index (χ1v) is 8.64. The van der Waals surface area contributed by atoms with Gasteiger partial charge in [-0.1, -0.05) is 17.7 Å². The molecule has 0 radical (unpaired) electrons. The zero-order chi connectivity index (χ0) is 16.4. The molecule has 2 aromatic rings. The van der Waals surface area contributed by atoms with Crippen LogP contribution in [0.1, 0.15) is 36.7 Å². The maximum absolute atomic E-state index is 13.0. The van der Waals surface area contributed by atoms with E-state index in [1.807, 2.05) is 47.7 Å². The highest BCUT2D eigenvalue weighted by Crippen LogP contribution is 2.27. The van der Waals surface area contributed by atoms with Gasteiger partial charge in [0.05, 0.1) is 6.10 Å². The number of aryl methyl sites for hydroxylation is 1. The molecule has 1 aromatic heterocycles. The third kappa shape index (κ3) is 3.24. The van der Waals surface area contributed by atoms with Crippen LogP contribution in [0.4, 0.5) is 0 Å². The number of carbonyl (C=O) groups excluding carboxylic acids is 1. The molecule has 0 saturated carbocycles. The van der Waals surface area contributed by atoms with E-state index in [2.05, 4.69) is 0 Å². The fourth-order valence-electron chi connectivity index (χ4n) is 3.24. The Bertz CT molecular complexity index is 704. The van der Waals surface area contributed by atoms with E-state index in [0.29, 0.717) is 23.8 Å². The van der Waals surface area contributed by atoms with Crippen LogP contribution in [0.15, 0.2) is 24.3 Å². The van der Waals surface area contributed by atoms with Gasteiger partial charge >= 0.3 is 0 Å². The van der Waals surface area contributed by atoms with Gasteiger partial charge in [-0.15, -0.1) is 0 Å². The Hall–Kier alpha value is -1.52. The summed E-state index contributed by atoms with van der Waals surface area (Å²) in [5.41, 5.74) is 1.65. The van der Waals surface area contributed by atoms with Gasteiger partial charge in [-0.3, -0.25) is 4.79 Å². The SMILES string of the molecule is CCN(C[C@@H]1CCCCO1)C(=O)c1cc2c(Cl)cccc2n1C. The molecule has 1 aliphatic heterocycles. The first kappa shape index (κ1) is 16.3. The Morgan fingerprint density at radius 2 is 2.26 bits per heavy atom. The average Bonchev–Trinajstić information content (AvgIpc) is 2.91. The number of aromatic nitrogens is 1. The highest BCUT2D eigenvalue weighted by atomic mass is 35.5. The van der Waals surface area contributed by atoms with E-state index in [4.69, 9.17) is 16.3 Å². The number of nitrogens with zero attached hydrogens (tertiary/aromatic N) is 2. The van der Waals surface area contributed by atoms with Crippen LogP contribution in [0.5, 0.6) is 0 Å². The zero-order valence-electron chi connectivity index (χ0n) is 13.7. The Balaban J connectivity index is 1.85. The summed E-state index contributed by atoms with van der Waals surface area (Å²) in [4.78, 5) is 14.8. The predicted octanol–water partition coefficient (Wildman–Crippen LogP) is 3.86. The quantitative estimate of drug-likeness (QED) is 0.850. The molecule has 0 unspecified atom stereocenters. The zero-order valence-corrected chi connectivity index (χ0v) is 14.5. The molecule has 3 rings (SSSR count). The summed E-state index contributed by atoms with van der Waals surface area (Å²) in [6, 6.07) is 7.64. The lowest BCUT2D eigenvalue weighted by atomic mass is 10.1. The molecule has 0 spiro atoms. The molecule has 0 N–H and O–H groups in total. The van der Waals surface area contributed by atoms with Crippen LogP contribution in [0, 0.1) is 0 Å². The second-order valence-electron chi connectivity index (χ2n) is 6.09. The maximum atomic E-state index is 13.0. The number of carbonyl (C=O) groups is 1. The summed E-state index contributed by atoms with van der Waals surface area (Å²) in [6.45, 7) is 4.15. The molecule has 1 fully saturated rings. The minimum Gasteiger partial charge on any atom is -0.376 e. The van der Waals surface area contributed by atoms with Crippen molar-refractivity contribution in [3.05, 3.63) is 35.0 Å². The van der Waals surface area contributed by atoms with Gasteiger partial charge in [0.2, 0.25) is 0 Å². The van der Waals surface area contributed by atoms with Crippen molar-refractivity contribution in [3.8, 4) is 0 Å².